The van der Waals surface area contributed by atoms with Crippen molar-refractivity contribution in [3.63, 3.8) is 0 Å². The Hall–Kier alpha value is -0.590. The fourth-order valence-electron chi connectivity index (χ4n) is 2.24. The van der Waals surface area contributed by atoms with E-state index < -0.39 is 9.38 Å². The predicted molar refractivity (Wildman–Crippen MR) is 68.8 cm³/mol. The largest absolute Gasteiger partial charge is 0.428 e. The molecule has 0 aromatic carbocycles. The molecule has 102 valence electrons. The SMILES string of the molecule is O=[N+]([O-])C(Cl)(Cl)C1=NCCCN1CC1CCOC1. The summed E-state index contributed by atoms with van der Waals surface area (Å²) in [6, 6.07) is 0. The first-order valence-corrected chi connectivity index (χ1v) is 6.67. The average molecular weight is 296 g/mol. The van der Waals surface area contributed by atoms with Gasteiger partial charge in [0.05, 0.1) is 11.5 Å². The summed E-state index contributed by atoms with van der Waals surface area (Å²) in [4.78, 5) is 16.2. The molecular formula is C10H15Cl2N3O3. The van der Waals surface area contributed by atoms with Crippen molar-refractivity contribution in [3.8, 4) is 0 Å². The molecule has 2 aliphatic heterocycles. The number of rotatable bonds is 4. The Kier molecular flexibility index (Phi) is 4.29. The summed E-state index contributed by atoms with van der Waals surface area (Å²) in [5.74, 6) is 0.526. The zero-order chi connectivity index (χ0) is 13.2. The monoisotopic (exact) mass is 295 g/mol. The highest BCUT2D eigenvalue weighted by molar-refractivity contribution is 6.57. The minimum Gasteiger partial charge on any atom is -0.381 e. The molecule has 0 aromatic rings. The first-order chi connectivity index (χ1) is 8.51. The molecule has 0 aromatic heterocycles. The summed E-state index contributed by atoms with van der Waals surface area (Å²) < 4.78 is 3.15. The molecule has 0 bridgehead atoms. The van der Waals surface area contributed by atoms with Crippen LogP contribution in [0.15, 0.2) is 4.99 Å². The standard InChI is InChI=1S/C10H15Cl2N3O3/c11-10(12,15(16)17)9-13-3-1-4-14(9)6-8-2-5-18-7-8/h8H,1-7H2. The van der Waals surface area contributed by atoms with Crippen LogP contribution in [0.25, 0.3) is 0 Å². The quantitative estimate of drug-likeness (QED) is 0.341. The molecule has 0 saturated carbocycles. The summed E-state index contributed by atoms with van der Waals surface area (Å²) in [5.41, 5.74) is 0. The number of hydrogen-bond donors (Lipinski definition) is 0. The Labute approximate surface area is 115 Å². The highest BCUT2D eigenvalue weighted by Gasteiger charge is 2.48. The lowest BCUT2D eigenvalue weighted by atomic mass is 10.1. The number of nitro groups is 1. The fourth-order valence-corrected chi connectivity index (χ4v) is 2.59. The van der Waals surface area contributed by atoms with Crippen molar-refractivity contribution < 1.29 is 9.66 Å². The van der Waals surface area contributed by atoms with E-state index in [1.807, 2.05) is 4.90 Å². The maximum atomic E-state index is 10.9. The number of aliphatic imine (C=N–C) groups is 1. The zero-order valence-corrected chi connectivity index (χ0v) is 11.4. The summed E-state index contributed by atoms with van der Waals surface area (Å²) in [5, 5.41) is 10.9. The lowest BCUT2D eigenvalue weighted by molar-refractivity contribution is -0.497. The van der Waals surface area contributed by atoms with Gasteiger partial charge in [-0.25, -0.2) is 0 Å². The first-order valence-electron chi connectivity index (χ1n) is 5.91. The van der Waals surface area contributed by atoms with E-state index in [1.54, 1.807) is 0 Å². The summed E-state index contributed by atoms with van der Waals surface area (Å²) in [6.45, 7) is 3.31. The molecule has 1 fully saturated rings. The third-order valence-electron chi connectivity index (χ3n) is 3.15. The second-order valence-corrected chi connectivity index (χ2v) is 5.82. The van der Waals surface area contributed by atoms with Crippen LogP contribution in [0, 0.1) is 16.0 Å². The minimum atomic E-state index is -2.15. The lowest BCUT2D eigenvalue weighted by Gasteiger charge is -2.32. The molecular weight excluding hydrogens is 281 g/mol. The van der Waals surface area contributed by atoms with E-state index in [2.05, 4.69) is 4.99 Å². The topological polar surface area (TPSA) is 68.0 Å². The third kappa shape index (κ3) is 2.87. The molecule has 1 saturated heterocycles. The normalized spacial score (nSPS) is 25.1. The van der Waals surface area contributed by atoms with Crippen molar-refractivity contribution in [2.45, 2.75) is 17.3 Å². The Morgan fingerprint density at radius 2 is 2.39 bits per heavy atom. The van der Waals surface area contributed by atoms with Crippen LogP contribution in [-0.4, -0.2) is 53.0 Å². The van der Waals surface area contributed by atoms with Crippen LogP contribution >= 0.6 is 23.2 Å². The second kappa shape index (κ2) is 5.59. The molecule has 0 spiro atoms. The van der Waals surface area contributed by atoms with E-state index in [0.717, 1.165) is 19.4 Å². The Balaban J connectivity index is 2.10. The van der Waals surface area contributed by atoms with Crippen molar-refractivity contribution in [1.29, 1.82) is 0 Å². The van der Waals surface area contributed by atoms with Gasteiger partial charge >= 0.3 is 4.46 Å². The number of hydrogen-bond acceptors (Lipinski definition) is 5. The van der Waals surface area contributed by atoms with E-state index in [4.69, 9.17) is 27.9 Å². The van der Waals surface area contributed by atoms with E-state index in [-0.39, 0.29) is 5.84 Å². The predicted octanol–water partition coefficient (Wildman–Crippen LogP) is 1.54. The molecule has 0 N–H and O–H groups in total. The van der Waals surface area contributed by atoms with Crippen molar-refractivity contribution in [1.82, 2.24) is 4.90 Å². The van der Waals surface area contributed by atoms with Gasteiger partial charge < -0.3 is 9.64 Å². The highest BCUT2D eigenvalue weighted by Crippen LogP contribution is 2.28. The Bertz CT molecular complexity index is 356. The van der Waals surface area contributed by atoms with Crippen LogP contribution in [0.3, 0.4) is 0 Å². The van der Waals surface area contributed by atoms with Crippen LogP contribution in [0.2, 0.25) is 0 Å². The maximum absolute atomic E-state index is 10.9. The minimum absolute atomic E-state index is 0.161. The molecule has 0 radical (unpaired) electrons. The van der Waals surface area contributed by atoms with Gasteiger partial charge in [0.2, 0.25) is 5.84 Å². The van der Waals surface area contributed by atoms with E-state index in [9.17, 15) is 10.1 Å². The van der Waals surface area contributed by atoms with Gasteiger partial charge in [0, 0.05) is 32.2 Å². The van der Waals surface area contributed by atoms with Crippen molar-refractivity contribution in [3.05, 3.63) is 10.1 Å². The molecule has 0 amide bonds. The maximum Gasteiger partial charge on any atom is 0.428 e. The molecule has 8 heteroatoms. The van der Waals surface area contributed by atoms with Crippen LogP contribution in [0.5, 0.6) is 0 Å². The van der Waals surface area contributed by atoms with Crippen LogP contribution in [-0.2, 0) is 4.74 Å². The fraction of sp³-hybridized carbons (Fsp3) is 0.900. The van der Waals surface area contributed by atoms with E-state index in [0.29, 0.717) is 32.2 Å². The summed E-state index contributed by atoms with van der Waals surface area (Å²) in [6.07, 6.45) is 1.82. The van der Waals surface area contributed by atoms with Gasteiger partial charge in [-0.2, -0.15) is 0 Å². The van der Waals surface area contributed by atoms with Gasteiger partial charge in [0.25, 0.3) is 0 Å². The van der Waals surface area contributed by atoms with Crippen LogP contribution in [0.1, 0.15) is 12.8 Å². The second-order valence-electron chi connectivity index (χ2n) is 4.53. The summed E-state index contributed by atoms with van der Waals surface area (Å²) >= 11 is 11.6. The van der Waals surface area contributed by atoms with Gasteiger partial charge in [-0.05, 0) is 36.0 Å². The van der Waals surface area contributed by atoms with Gasteiger partial charge in [-0.1, -0.05) is 0 Å². The number of halogens is 2. The molecule has 2 aliphatic rings. The average Bonchev–Trinajstić information content (AvgIpc) is 2.82. The first kappa shape index (κ1) is 13.8. The lowest BCUT2D eigenvalue weighted by Crippen LogP contribution is -2.50. The van der Waals surface area contributed by atoms with Crippen molar-refractivity contribution >= 4 is 29.0 Å². The van der Waals surface area contributed by atoms with E-state index >= 15 is 0 Å². The van der Waals surface area contributed by atoms with Gasteiger partial charge in [-0.3, -0.25) is 15.1 Å². The van der Waals surface area contributed by atoms with Crippen LogP contribution < -0.4 is 0 Å². The number of nitrogens with zero attached hydrogens (tertiary/aromatic N) is 3. The number of ether oxygens (including phenoxy) is 1. The van der Waals surface area contributed by atoms with Crippen molar-refractivity contribution in [2.75, 3.05) is 32.8 Å². The third-order valence-corrected chi connectivity index (χ3v) is 3.76. The van der Waals surface area contributed by atoms with Crippen LogP contribution in [0.4, 0.5) is 0 Å². The Morgan fingerprint density at radius 3 is 3.00 bits per heavy atom. The molecule has 0 aliphatic carbocycles. The molecule has 18 heavy (non-hydrogen) atoms. The zero-order valence-electron chi connectivity index (χ0n) is 9.85. The summed E-state index contributed by atoms with van der Waals surface area (Å²) in [7, 11) is 0. The molecule has 2 rings (SSSR count). The number of alkyl halides is 2. The van der Waals surface area contributed by atoms with Gasteiger partial charge in [0.15, 0.2) is 0 Å². The van der Waals surface area contributed by atoms with Crippen molar-refractivity contribution in [2.24, 2.45) is 10.9 Å². The molecule has 2 heterocycles. The molecule has 6 nitrogen and oxygen atoms in total. The van der Waals surface area contributed by atoms with E-state index in [1.165, 1.54) is 0 Å². The van der Waals surface area contributed by atoms with Gasteiger partial charge in [0.1, 0.15) is 0 Å². The number of amidine groups is 1. The highest BCUT2D eigenvalue weighted by atomic mass is 35.5. The molecule has 1 unspecified atom stereocenters. The van der Waals surface area contributed by atoms with Gasteiger partial charge in [-0.15, -0.1) is 0 Å². The molecule has 1 atom stereocenters. The smallest absolute Gasteiger partial charge is 0.381 e. The Morgan fingerprint density at radius 1 is 1.61 bits per heavy atom.